The lowest BCUT2D eigenvalue weighted by Gasteiger charge is -2.30. The Kier molecular flexibility index (Phi) is 5.42. The Labute approximate surface area is 125 Å². The van der Waals surface area contributed by atoms with Gasteiger partial charge in [0, 0.05) is 12.8 Å². The number of hydrogen-bond acceptors (Lipinski definition) is 4. The Morgan fingerprint density at radius 2 is 2.00 bits per heavy atom. The first-order chi connectivity index (χ1) is 10.2. The van der Waals surface area contributed by atoms with Crippen LogP contribution in [-0.4, -0.2) is 24.5 Å². The summed E-state index contributed by atoms with van der Waals surface area (Å²) in [5.74, 6) is 0.326. The van der Waals surface area contributed by atoms with Crippen LogP contribution in [-0.2, 0) is 20.7 Å². The number of esters is 1. The Balaban J connectivity index is 1.97. The number of ether oxygens (including phenoxy) is 1. The molecule has 0 spiro atoms. The van der Waals surface area contributed by atoms with Crippen LogP contribution in [0, 0.1) is 0 Å². The van der Waals surface area contributed by atoms with Crippen molar-refractivity contribution < 1.29 is 18.7 Å². The molecular formula is C16H23NO4. The largest absolute Gasteiger partial charge is 0.469 e. The SMILES string of the molecule is COC(=O)C1(NC(=O)CCc2ccco2)CCCCCC1. The molecule has 0 bridgehead atoms. The fraction of sp³-hybridized carbons (Fsp3) is 0.625. The highest BCUT2D eigenvalue weighted by atomic mass is 16.5. The van der Waals surface area contributed by atoms with Crippen molar-refractivity contribution in [3.63, 3.8) is 0 Å². The molecule has 1 aromatic rings. The summed E-state index contributed by atoms with van der Waals surface area (Å²) in [5, 5.41) is 2.93. The highest BCUT2D eigenvalue weighted by Gasteiger charge is 2.40. The van der Waals surface area contributed by atoms with Gasteiger partial charge in [-0.2, -0.15) is 0 Å². The number of amides is 1. The van der Waals surface area contributed by atoms with E-state index in [-0.39, 0.29) is 11.9 Å². The quantitative estimate of drug-likeness (QED) is 0.669. The summed E-state index contributed by atoms with van der Waals surface area (Å²) < 4.78 is 10.1. The summed E-state index contributed by atoms with van der Waals surface area (Å²) in [7, 11) is 1.38. The summed E-state index contributed by atoms with van der Waals surface area (Å²) in [5.41, 5.74) is -0.842. The first-order valence-electron chi connectivity index (χ1n) is 7.58. The number of carbonyl (C=O) groups is 2. The predicted molar refractivity (Wildman–Crippen MR) is 77.6 cm³/mol. The number of nitrogens with one attached hydrogen (secondary N) is 1. The molecule has 0 aliphatic heterocycles. The molecule has 0 unspecified atom stereocenters. The van der Waals surface area contributed by atoms with Gasteiger partial charge in [-0.05, 0) is 25.0 Å². The Hall–Kier alpha value is -1.78. The number of rotatable bonds is 5. The summed E-state index contributed by atoms with van der Waals surface area (Å²) in [6.07, 6.45) is 7.83. The monoisotopic (exact) mass is 293 g/mol. The molecule has 1 saturated carbocycles. The molecule has 2 rings (SSSR count). The minimum atomic E-state index is -0.842. The Bertz CT molecular complexity index is 459. The third kappa shape index (κ3) is 4.09. The van der Waals surface area contributed by atoms with Crippen LogP contribution >= 0.6 is 0 Å². The van der Waals surface area contributed by atoms with E-state index in [0.29, 0.717) is 25.7 Å². The minimum Gasteiger partial charge on any atom is -0.469 e. The second-order valence-electron chi connectivity index (χ2n) is 5.62. The van der Waals surface area contributed by atoms with Gasteiger partial charge in [0.1, 0.15) is 11.3 Å². The molecule has 116 valence electrons. The standard InChI is InChI=1S/C16H23NO4/c1-20-15(19)16(10-4-2-3-5-11-16)17-14(18)9-8-13-7-6-12-21-13/h6-7,12H,2-5,8-11H2,1H3,(H,17,18). The topological polar surface area (TPSA) is 68.5 Å². The molecule has 1 fully saturated rings. The number of carbonyl (C=O) groups excluding carboxylic acids is 2. The van der Waals surface area contributed by atoms with Gasteiger partial charge in [0.15, 0.2) is 0 Å². The van der Waals surface area contributed by atoms with Gasteiger partial charge in [-0.25, -0.2) is 4.79 Å². The zero-order chi connectivity index (χ0) is 15.1. The predicted octanol–water partition coefficient (Wildman–Crippen LogP) is 2.59. The van der Waals surface area contributed by atoms with Gasteiger partial charge in [0.25, 0.3) is 0 Å². The molecule has 1 heterocycles. The third-order valence-electron chi connectivity index (χ3n) is 4.09. The summed E-state index contributed by atoms with van der Waals surface area (Å²) >= 11 is 0. The molecule has 0 atom stereocenters. The van der Waals surface area contributed by atoms with Crippen molar-refractivity contribution in [1.29, 1.82) is 0 Å². The van der Waals surface area contributed by atoms with Crippen LogP contribution in [0.5, 0.6) is 0 Å². The van der Waals surface area contributed by atoms with Crippen molar-refractivity contribution in [2.75, 3.05) is 7.11 Å². The Morgan fingerprint density at radius 1 is 1.29 bits per heavy atom. The Morgan fingerprint density at radius 3 is 2.57 bits per heavy atom. The van der Waals surface area contributed by atoms with Gasteiger partial charge >= 0.3 is 5.97 Å². The van der Waals surface area contributed by atoms with E-state index < -0.39 is 5.54 Å². The van der Waals surface area contributed by atoms with Gasteiger partial charge in [-0.3, -0.25) is 4.79 Å². The first kappa shape index (κ1) is 15.6. The lowest BCUT2D eigenvalue weighted by molar-refractivity contribution is -0.151. The van der Waals surface area contributed by atoms with E-state index in [4.69, 9.17) is 9.15 Å². The smallest absolute Gasteiger partial charge is 0.331 e. The van der Waals surface area contributed by atoms with Crippen LogP contribution in [0.4, 0.5) is 0 Å². The van der Waals surface area contributed by atoms with Gasteiger partial charge in [0.2, 0.25) is 5.91 Å². The van der Waals surface area contributed by atoms with E-state index in [1.54, 1.807) is 12.3 Å². The van der Waals surface area contributed by atoms with Crippen LogP contribution in [0.25, 0.3) is 0 Å². The fourth-order valence-corrected chi connectivity index (χ4v) is 2.93. The molecule has 1 aliphatic carbocycles. The average molecular weight is 293 g/mol. The molecule has 1 aromatic heterocycles. The average Bonchev–Trinajstić information content (AvgIpc) is 2.90. The molecular weight excluding hydrogens is 270 g/mol. The van der Waals surface area contributed by atoms with E-state index in [0.717, 1.165) is 31.4 Å². The van der Waals surface area contributed by atoms with Crippen LogP contribution in [0.1, 0.15) is 50.7 Å². The lowest BCUT2D eigenvalue weighted by atomic mass is 9.90. The van der Waals surface area contributed by atoms with Crippen molar-refractivity contribution in [3.05, 3.63) is 24.2 Å². The van der Waals surface area contributed by atoms with Crippen molar-refractivity contribution >= 4 is 11.9 Å². The zero-order valence-corrected chi connectivity index (χ0v) is 12.5. The molecule has 1 amide bonds. The number of methoxy groups -OCH3 is 1. The van der Waals surface area contributed by atoms with E-state index in [9.17, 15) is 9.59 Å². The number of hydrogen-bond donors (Lipinski definition) is 1. The van der Waals surface area contributed by atoms with Crippen LogP contribution < -0.4 is 5.32 Å². The van der Waals surface area contributed by atoms with E-state index in [2.05, 4.69) is 5.32 Å². The van der Waals surface area contributed by atoms with Gasteiger partial charge in [0.05, 0.1) is 13.4 Å². The van der Waals surface area contributed by atoms with Crippen LogP contribution in [0.3, 0.4) is 0 Å². The van der Waals surface area contributed by atoms with Crippen LogP contribution in [0.15, 0.2) is 22.8 Å². The molecule has 0 aromatic carbocycles. The molecule has 1 N–H and O–H groups in total. The molecule has 0 saturated heterocycles. The lowest BCUT2D eigenvalue weighted by Crippen LogP contribution is -2.54. The summed E-state index contributed by atoms with van der Waals surface area (Å²) in [6.45, 7) is 0. The fourth-order valence-electron chi connectivity index (χ4n) is 2.93. The molecule has 0 radical (unpaired) electrons. The number of aryl methyl sites for hydroxylation is 1. The van der Waals surface area contributed by atoms with Crippen molar-refractivity contribution in [2.24, 2.45) is 0 Å². The second kappa shape index (κ2) is 7.29. The zero-order valence-electron chi connectivity index (χ0n) is 12.5. The normalized spacial score (nSPS) is 17.8. The van der Waals surface area contributed by atoms with Crippen molar-refractivity contribution in [3.8, 4) is 0 Å². The van der Waals surface area contributed by atoms with E-state index in [1.165, 1.54) is 7.11 Å². The minimum absolute atomic E-state index is 0.126. The molecule has 1 aliphatic rings. The van der Waals surface area contributed by atoms with E-state index in [1.807, 2.05) is 6.07 Å². The maximum Gasteiger partial charge on any atom is 0.331 e. The van der Waals surface area contributed by atoms with Gasteiger partial charge in [-0.15, -0.1) is 0 Å². The maximum absolute atomic E-state index is 12.2. The first-order valence-corrected chi connectivity index (χ1v) is 7.58. The van der Waals surface area contributed by atoms with Crippen LogP contribution in [0.2, 0.25) is 0 Å². The van der Waals surface area contributed by atoms with Crippen molar-refractivity contribution in [1.82, 2.24) is 5.32 Å². The van der Waals surface area contributed by atoms with E-state index >= 15 is 0 Å². The summed E-state index contributed by atoms with van der Waals surface area (Å²) in [6, 6.07) is 3.64. The molecule has 5 nitrogen and oxygen atoms in total. The highest BCUT2D eigenvalue weighted by molar-refractivity contribution is 5.88. The van der Waals surface area contributed by atoms with Gasteiger partial charge in [-0.1, -0.05) is 25.7 Å². The highest BCUT2D eigenvalue weighted by Crippen LogP contribution is 2.28. The molecule has 5 heteroatoms. The van der Waals surface area contributed by atoms with Crippen molar-refractivity contribution in [2.45, 2.75) is 56.9 Å². The number of furan rings is 1. The third-order valence-corrected chi connectivity index (χ3v) is 4.09. The van der Waals surface area contributed by atoms with Gasteiger partial charge < -0.3 is 14.5 Å². The molecule has 21 heavy (non-hydrogen) atoms. The summed E-state index contributed by atoms with van der Waals surface area (Å²) in [4.78, 5) is 24.3. The second-order valence-corrected chi connectivity index (χ2v) is 5.62. The maximum atomic E-state index is 12.2.